The minimum Gasteiger partial charge on any atom is -0.403 e. The Morgan fingerprint density at radius 1 is 1.17 bits per heavy atom. The number of thiophene rings is 1. The van der Waals surface area contributed by atoms with E-state index in [2.05, 4.69) is 15.5 Å². The largest absolute Gasteiger partial charge is 0.403 e. The number of carbonyl (C=O) groups excluding carboxylic acids is 1. The Morgan fingerprint density at radius 2 is 1.93 bits per heavy atom. The molecular formula is C18H16Cl2N4O4S2. The summed E-state index contributed by atoms with van der Waals surface area (Å²) in [6.07, 6.45) is 1.12. The van der Waals surface area contributed by atoms with Gasteiger partial charge in [0.15, 0.2) is 0 Å². The van der Waals surface area contributed by atoms with Gasteiger partial charge < -0.3 is 4.42 Å². The third kappa shape index (κ3) is 4.52. The number of aromatic nitrogens is 2. The van der Waals surface area contributed by atoms with Crippen LogP contribution in [-0.4, -0.2) is 41.9 Å². The molecule has 1 aliphatic rings. The van der Waals surface area contributed by atoms with E-state index in [-0.39, 0.29) is 28.6 Å². The van der Waals surface area contributed by atoms with E-state index in [0.29, 0.717) is 34.3 Å². The minimum atomic E-state index is -3.69. The molecule has 0 saturated carbocycles. The Morgan fingerprint density at radius 3 is 2.63 bits per heavy atom. The lowest BCUT2D eigenvalue weighted by atomic mass is 9.99. The molecule has 8 nitrogen and oxygen atoms in total. The van der Waals surface area contributed by atoms with E-state index >= 15 is 0 Å². The SMILES string of the molecule is O=C(Nc1nnc(-c2ccc(Cl)cc2)o1)C1CCCN(S(=O)(=O)c2ccc(Cl)s2)C1. The topological polar surface area (TPSA) is 105 Å². The number of benzene rings is 1. The molecule has 0 spiro atoms. The van der Waals surface area contributed by atoms with Crippen molar-refractivity contribution in [1.82, 2.24) is 14.5 Å². The summed E-state index contributed by atoms with van der Waals surface area (Å²) in [6.45, 7) is 0.421. The number of rotatable bonds is 5. The molecule has 1 unspecified atom stereocenters. The number of carbonyl (C=O) groups is 1. The Hall–Kier alpha value is -1.98. The van der Waals surface area contributed by atoms with E-state index in [1.165, 1.54) is 10.4 Å². The summed E-state index contributed by atoms with van der Waals surface area (Å²) in [5.74, 6) is -0.662. The second kappa shape index (κ2) is 8.64. The van der Waals surface area contributed by atoms with Crippen LogP contribution in [0.3, 0.4) is 0 Å². The number of nitrogens with zero attached hydrogens (tertiary/aromatic N) is 3. The second-order valence-electron chi connectivity index (χ2n) is 6.67. The van der Waals surface area contributed by atoms with Gasteiger partial charge >= 0.3 is 6.01 Å². The normalized spacial score (nSPS) is 17.7. The van der Waals surface area contributed by atoms with Gasteiger partial charge in [-0.05, 0) is 49.2 Å². The molecule has 0 radical (unpaired) electrons. The van der Waals surface area contributed by atoms with E-state index in [4.69, 9.17) is 27.6 Å². The van der Waals surface area contributed by atoms with Gasteiger partial charge in [0.2, 0.25) is 11.8 Å². The molecule has 1 aliphatic heterocycles. The first-order valence-corrected chi connectivity index (χ1v) is 12.0. The van der Waals surface area contributed by atoms with Crippen molar-refractivity contribution >= 4 is 56.5 Å². The van der Waals surface area contributed by atoms with Crippen molar-refractivity contribution in [3.8, 4) is 11.5 Å². The van der Waals surface area contributed by atoms with Crippen molar-refractivity contribution in [2.45, 2.75) is 17.1 Å². The van der Waals surface area contributed by atoms with E-state index < -0.39 is 15.9 Å². The summed E-state index contributed by atoms with van der Waals surface area (Å²) in [5, 5.41) is 10.9. The number of sulfonamides is 1. The van der Waals surface area contributed by atoms with Gasteiger partial charge in [0.05, 0.1) is 10.3 Å². The fourth-order valence-electron chi connectivity index (χ4n) is 3.13. The highest BCUT2D eigenvalue weighted by molar-refractivity contribution is 7.91. The highest BCUT2D eigenvalue weighted by Gasteiger charge is 2.34. The monoisotopic (exact) mass is 486 g/mol. The highest BCUT2D eigenvalue weighted by atomic mass is 35.5. The maximum Gasteiger partial charge on any atom is 0.322 e. The number of piperidine rings is 1. The number of hydrogen-bond acceptors (Lipinski definition) is 7. The third-order valence-corrected chi connectivity index (χ3v) is 8.46. The number of halogens is 2. The first-order valence-electron chi connectivity index (χ1n) is 8.99. The maximum atomic E-state index is 12.8. The van der Waals surface area contributed by atoms with E-state index in [1.807, 2.05) is 0 Å². The molecule has 1 atom stereocenters. The number of anilines is 1. The van der Waals surface area contributed by atoms with Crippen LogP contribution in [0, 0.1) is 5.92 Å². The molecule has 1 fully saturated rings. The molecule has 0 bridgehead atoms. The van der Waals surface area contributed by atoms with Crippen LogP contribution >= 0.6 is 34.5 Å². The number of amides is 1. The smallest absolute Gasteiger partial charge is 0.322 e. The highest BCUT2D eigenvalue weighted by Crippen LogP contribution is 2.31. The fraction of sp³-hybridized carbons (Fsp3) is 0.278. The van der Waals surface area contributed by atoms with Crippen molar-refractivity contribution in [1.29, 1.82) is 0 Å². The van der Waals surface area contributed by atoms with Crippen LogP contribution in [0.1, 0.15) is 12.8 Å². The van der Waals surface area contributed by atoms with Gasteiger partial charge in [0.25, 0.3) is 10.0 Å². The average molecular weight is 487 g/mol. The molecule has 12 heteroatoms. The van der Waals surface area contributed by atoms with Gasteiger partial charge in [0.1, 0.15) is 4.21 Å². The van der Waals surface area contributed by atoms with Crippen molar-refractivity contribution in [2.24, 2.45) is 5.92 Å². The second-order valence-corrected chi connectivity index (χ2v) is 11.0. The molecule has 30 heavy (non-hydrogen) atoms. The van der Waals surface area contributed by atoms with Gasteiger partial charge in [-0.25, -0.2) is 8.42 Å². The van der Waals surface area contributed by atoms with Crippen molar-refractivity contribution in [2.75, 3.05) is 18.4 Å². The predicted molar refractivity (Wildman–Crippen MR) is 114 cm³/mol. The Bertz CT molecular complexity index is 1160. The van der Waals surface area contributed by atoms with Crippen LogP contribution in [0.15, 0.2) is 45.0 Å². The average Bonchev–Trinajstić information content (AvgIpc) is 3.38. The van der Waals surface area contributed by atoms with Crippen LogP contribution in [0.5, 0.6) is 0 Å². The molecule has 158 valence electrons. The first kappa shape index (κ1) is 21.3. The van der Waals surface area contributed by atoms with Crippen molar-refractivity contribution in [3.05, 3.63) is 45.8 Å². The molecule has 3 aromatic rings. The van der Waals surface area contributed by atoms with Crippen LogP contribution in [0.25, 0.3) is 11.5 Å². The Balaban J connectivity index is 1.43. The van der Waals surface area contributed by atoms with Gasteiger partial charge in [-0.2, -0.15) is 4.31 Å². The molecule has 1 aromatic carbocycles. The molecule has 0 aliphatic carbocycles. The lowest BCUT2D eigenvalue weighted by Gasteiger charge is -2.30. The standard InChI is InChI=1S/C18H16Cl2N4O4S2/c19-13-5-3-11(4-6-13)17-22-23-18(28-17)21-16(25)12-2-1-9-24(10-12)30(26,27)15-8-7-14(20)29-15/h3-8,12H,1-2,9-10H2,(H,21,23,25). The van der Waals surface area contributed by atoms with Crippen LogP contribution in [0.4, 0.5) is 6.01 Å². The summed E-state index contributed by atoms with van der Waals surface area (Å²) in [7, 11) is -3.69. The Labute approximate surface area is 186 Å². The summed E-state index contributed by atoms with van der Waals surface area (Å²) >= 11 is 12.7. The zero-order chi connectivity index (χ0) is 21.3. The maximum absolute atomic E-state index is 12.8. The van der Waals surface area contributed by atoms with Crippen molar-refractivity contribution in [3.63, 3.8) is 0 Å². The molecule has 3 heterocycles. The summed E-state index contributed by atoms with van der Waals surface area (Å²) < 4.78 is 33.0. The van der Waals surface area contributed by atoms with Crippen LogP contribution in [-0.2, 0) is 14.8 Å². The minimum absolute atomic E-state index is 0.0463. The summed E-state index contributed by atoms with van der Waals surface area (Å²) in [5.41, 5.74) is 0.664. The zero-order valence-electron chi connectivity index (χ0n) is 15.4. The predicted octanol–water partition coefficient (Wildman–Crippen LogP) is 4.14. The molecule has 1 saturated heterocycles. The van der Waals surface area contributed by atoms with E-state index in [0.717, 1.165) is 11.3 Å². The van der Waals surface area contributed by atoms with Crippen LogP contribution < -0.4 is 5.32 Å². The zero-order valence-corrected chi connectivity index (χ0v) is 18.6. The van der Waals surface area contributed by atoms with Crippen LogP contribution in [0.2, 0.25) is 9.36 Å². The quantitative estimate of drug-likeness (QED) is 0.580. The fourth-order valence-corrected chi connectivity index (χ4v) is 6.42. The first-order chi connectivity index (χ1) is 14.3. The molecular weight excluding hydrogens is 471 g/mol. The Kier molecular flexibility index (Phi) is 6.12. The van der Waals surface area contributed by atoms with Crippen molar-refractivity contribution < 1.29 is 17.6 Å². The van der Waals surface area contributed by atoms with Gasteiger partial charge in [-0.1, -0.05) is 28.3 Å². The molecule has 1 N–H and O–H groups in total. The lowest BCUT2D eigenvalue weighted by Crippen LogP contribution is -2.43. The van der Waals surface area contributed by atoms with Gasteiger partial charge in [-0.15, -0.1) is 16.4 Å². The number of nitrogens with one attached hydrogen (secondary N) is 1. The molecule has 4 rings (SSSR count). The van der Waals surface area contributed by atoms with E-state index in [9.17, 15) is 13.2 Å². The summed E-state index contributed by atoms with van der Waals surface area (Å²) in [6, 6.07) is 9.80. The third-order valence-electron chi connectivity index (χ3n) is 4.64. The molecule has 1 amide bonds. The lowest BCUT2D eigenvalue weighted by molar-refractivity contribution is -0.121. The number of hydrogen-bond donors (Lipinski definition) is 1. The summed E-state index contributed by atoms with van der Waals surface area (Å²) in [4.78, 5) is 12.7. The van der Waals surface area contributed by atoms with E-state index in [1.54, 1.807) is 30.3 Å². The van der Waals surface area contributed by atoms with Gasteiger partial charge in [-0.3, -0.25) is 10.1 Å². The van der Waals surface area contributed by atoms with Gasteiger partial charge in [0, 0.05) is 23.7 Å². The molecule has 2 aromatic heterocycles.